The Morgan fingerprint density at radius 2 is 1.84 bits per heavy atom. The molecular weight excluding hydrogens is 382 g/mol. The zero-order valence-electron chi connectivity index (χ0n) is 18.0. The van der Waals surface area contributed by atoms with Crippen LogP contribution >= 0.6 is 0 Å². The second kappa shape index (κ2) is 8.89. The van der Waals surface area contributed by atoms with Gasteiger partial charge in [-0.2, -0.15) is 0 Å². The first-order valence-corrected chi connectivity index (χ1v) is 11.2. The summed E-state index contributed by atoms with van der Waals surface area (Å²) in [6, 6.07) is 25.8. The van der Waals surface area contributed by atoms with Crippen molar-refractivity contribution in [2.45, 2.75) is 31.2 Å². The molecule has 3 aromatic rings. The van der Waals surface area contributed by atoms with Gasteiger partial charge in [-0.05, 0) is 72.2 Å². The van der Waals surface area contributed by atoms with E-state index in [9.17, 15) is 0 Å². The second-order valence-electron chi connectivity index (χ2n) is 8.44. The molecule has 0 amide bonds. The maximum absolute atomic E-state index is 6.12. The summed E-state index contributed by atoms with van der Waals surface area (Å²) in [5.74, 6) is 2.80. The third-order valence-corrected chi connectivity index (χ3v) is 6.51. The summed E-state index contributed by atoms with van der Waals surface area (Å²) in [4.78, 5) is 0. The molecule has 3 unspecified atom stereocenters. The van der Waals surface area contributed by atoms with Crippen LogP contribution in [0.3, 0.4) is 0 Å². The molecule has 0 spiro atoms. The molecule has 1 aliphatic carbocycles. The summed E-state index contributed by atoms with van der Waals surface area (Å²) >= 11 is 0. The van der Waals surface area contributed by atoms with Crippen molar-refractivity contribution in [3.05, 3.63) is 102 Å². The molecule has 3 atom stereocenters. The average molecular weight is 412 g/mol. The van der Waals surface area contributed by atoms with E-state index in [1.807, 2.05) is 6.07 Å². The van der Waals surface area contributed by atoms with Gasteiger partial charge in [0.25, 0.3) is 0 Å². The molecule has 3 heteroatoms. The van der Waals surface area contributed by atoms with Gasteiger partial charge in [0.1, 0.15) is 11.5 Å². The number of allylic oxidation sites excluding steroid dienone is 2. The van der Waals surface area contributed by atoms with Crippen molar-refractivity contribution >= 4 is 5.69 Å². The highest BCUT2D eigenvalue weighted by Gasteiger charge is 2.38. The summed E-state index contributed by atoms with van der Waals surface area (Å²) in [7, 11) is 1.73. The number of methoxy groups -OCH3 is 1. The summed E-state index contributed by atoms with van der Waals surface area (Å²) < 4.78 is 11.6. The number of fused-ring (bicyclic) bond motifs is 3. The van der Waals surface area contributed by atoms with E-state index >= 15 is 0 Å². The Morgan fingerprint density at radius 3 is 2.71 bits per heavy atom. The largest absolute Gasteiger partial charge is 0.497 e. The van der Waals surface area contributed by atoms with Crippen molar-refractivity contribution in [1.29, 1.82) is 0 Å². The van der Waals surface area contributed by atoms with Gasteiger partial charge in [0.15, 0.2) is 0 Å². The fourth-order valence-electron chi connectivity index (χ4n) is 4.94. The Labute approximate surface area is 184 Å². The molecule has 0 saturated heterocycles. The first-order valence-electron chi connectivity index (χ1n) is 11.2. The van der Waals surface area contributed by atoms with Crippen molar-refractivity contribution in [1.82, 2.24) is 0 Å². The lowest BCUT2D eigenvalue weighted by atomic mass is 9.77. The van der Waals surface area contributed by atoms with Crippen molar-refractivity contribution in [3.8, 4) is 11.5 Å². The smallest absolute Gasteiger partial charge is 0.119 e. The van der Waals surface area contributed by atoms with Crippen molar-refractivity contribution in [2.24, 2.45) is 5.92 Å². The summed E-state index contributed by atoms with van der Waals surface area (Å²) in [5.41, 5.74) is 5.20. The first-order chi connectivity index (χ1) is 15.3. The molecular formula is C28H29NO2. The molecule has 3 aromatic carbocycles. The van der Waals surface area contributed by atoms with Crippen LogP contribution in [0.2, 0.25) is 0 Å². The number of benzene rings is 3. The van der Waals surface area contributed by atoms with E-state index in [-0.39, 0.29) is 6.04 Å². The molecule has 0 bridgehead atoms. The zero-order valence-corrected chi connectivity index (χ0v) is 18.0. The van der Waals surface area contributed by atoms with E-state index in [1.54, 1.807) is 7.11 Å². The molecule has 1 aliphatic heterocycles. The van der Waals surface area contributed by atoms with Crippen LogP contribution in [0.4, 0.5) is 5.69 Å². The lowest BCUT2D eigenvalue weighted by molar-refractivity contribution is 0.310. The number of aryl methyl sites for hydroxylation is 1. The monoisotopic (exact) mass is 411 g/mol. The standard InChI is InChI=1S/C28H29NO2/c1-30-22-12-5-11-21(18-22)28-25-14-6-13-24(25)26-19-23(15-16-27(26)29-28)31-17-7-10-20-8-3-2-4-9-20/h2-6,8-9,11-13,15-16,18-19,24-25,28-29H,7,10,14,17H2,1H3. The minimum atomic E-state index is 0.278. The first kappa shape index (κ1) is 19.7. The fourth-order valence-corrected chi connectivity index (χ4v) is 4.94. The molecule has 5 rings (SSSR count). The van der Waals surface area contributed by atoms with Gasteiger partial charge in [0.2, 0.25) is 0 Å². The van der Waals surface area contributed by atoms with Crippen molar-refractivity contribution in [3.63, 3.8) is 0 Å². The van der Waals surface area contributed by atoms with E-state index in [0.717, 1.165) is 37.4 Å². The lowest BCUT2D eigenvalue weighted by Crippen LogP contribution is -2.29. The quantitative estimate of drug-likeness (QED) is 0.354. The molecule has 0 aromatic heterocycles. The Kier molecular flexibility index (Phi) is 5.66. The molecule has 1 N–H and O–H groups in total. The van der Waals surface area contributed by atoms with E-state index in [1.165, 1.54) is 22.4 Å². The minimum absolute atomic E-state index is 0.278. The normalized spacial score (nSPS) is 21.1. The van der Waals surface area contributed by atoms with Crippen LogP contribution in [-0.4, -0.2) is 13.7 Å². The third-order valence-electron chi connectivity index (χ3n) is 6.51. The molecule has 31 heavy (non-hydrogen) atoms. The summed E-state index contributed by atoms with van der Waals surface area (Å²) in [6.07, 6.45) is 7.84. The molecule has 0 fully saturated rings. The highest BCUT2D eigenvalue weighted by Crippen LogP contribution is 2.50. The number of anilines is 1. The number of ether oxygens (including phenoxy) is 2. The topological polar surface area (TPSA) is 30.5 Å². The molecule has 0 saturated carbocycles. The van der Waals surface area contributed by atoms with Gasteiger partial charge in [-0.1, -0.05) is 54.6 Å². The Bertz CT molecular complexity index is 1060. The van der Waals surface area contributed by atoms with Crippen molar-refractivity contribution in [2.75, 3.05) is 19.0 Å². The number of hydrogen-bond acceptors (Lipinski definition) is 3. The molecule has 0 radical (unpaired) electrons. The van der Waals surface area contributed by atoms with Crippen LogP contribution in [-0.2, 0) is 6.42 Å². The summed E-state index contributed by atoms with van der Waals surface area (Å²) in [6.45, 7) is 0.734. The number of rotatable bonds is 7. The summed E-state index contributed by atoms with van der Waals surface area (Å²) in [5, 5.41) is 3.80. The van der Waals surface area contributed by atoms with E-state index < -0.39 is 0 Å². The van der Waals surface area contributed by atoms with Crippen molar-refractivity contribution < 1.29 is 9.47 Å². The SMILES string of the molecule is COc1cccc(C2Nc3ccc(OCCCc4ccccc4)cc3C3C=CCC32)c1. The Morgan fingerprint density at radius 1 is 0.935 bits per heavy atom. The van der Waals surface area contributed by atoms with Crippen LogP contribution in [0.1, 0.15) is 41.5 Å². The van der Waals surface area contributed by atoms with Gasteiger partial charge in [0.05, 0.1) is 19.8 Å². The fraction of sp³-hybridized carbons (Fsp3) is 0.286. The van der Waals surface area contributed by atoms with Crippen LogP contribution in [0.5, 0.6) is 11.5 Å². The number of nitrogens with one attached hydrogen (secondary N) is 1. The van der Waals surface area contributed by atoms with Crippen LogP contribution in [0.25, 0.3) is 0 Å². The van der Waals surface area contributed by atoms with Gasteiger partial charge in [-0.3, -0.25) is 0 Å². The van der Waals surface area contributed by atoms with E-state index in [2.05, 4.69) is 84.2 Å². The molecule has 2 aliphatic rings. The predicted molar refractivity (Wildman–Crippen MR) is 126 cm³/mol. The lowest BCUT2D eigenvalue weighted by Gasteiger charge is -2.37. The van der Waals surface area contributed by atoms with E-state index in [4.69, 9.17) is 9.47 Å². The molecule has 158 valence electrons. The van der Waals surface area contributed by atoms with Crippen LogP contribution in [0.15, 0.2) is 84.9 Å². The number of hydrogen-bond donors (Lipinski definition) is 1. The van der Waals surface area contributed by atoms with Crippen LogP contribution in [0, 0.1) is 5.92 Å². The van der Waals surface area contributed by atoms with Gasteiger partial charge in [0, 0.05) is 11.6 Å². The Balaban J connectivity index is 1.30. The van der Waals surface area contributed by atoms with Gasteiger partial charge >= 0.3 is 0 Å². The zero-order chi connectivity index (χ0) is 21.0. The highest BCUT2D eigenvalue weighted by molar-refractivity contribution is 5.62. The Hall–Kier alpha value is -3.20. The van der Waals surface area contributed by atoms with Gasteiger partial charge in [-0.15, -0.1) is 0 Å². The molecule has 1 heterocycles. The second-order valence-corrected chi connectivity index (χ2v) is 8.44. The third kappa shape index (κ3) is 4.18. The maximum atomic E-state index is 6.12. The van der Waals surface area contributed by atoms with E-state index in [0.29, 0.717) is 11.8 Å². The van der Waals surface area contributed by atoms with Gasteiger partial charge < -0.3 is 14.8 Å². The molecule has 3 nitrogen and oxygen atoms in total. The minimum Gasteiger partial charge on any atom is -0.497 e. The maximum Gasteiger partial charge on any atom is 0.119 e. The van der Waals surface area contributed by atoms with Crippen LogP contribution < -0.4 is 14.8 Å². The predicted octanol–water partition coefficient (Wildman–Crippen LogP) is 6.53. The van der Waals surface area contributed by atoms with Gasteiger partial charge in [-0.25, -0.2) is 0 Å². The highest BCUT2D eigenvalue weighted by atomic mass is 16.5. The average Bonchev–Trinajstić information content (AvgIpc) is 3.32.